The second-order valence-corrected chi connectivity index (χ2v) is 40.3. The molecule has 0 amide bonds. The minimum absolute atomic E-state index is 0.101. The van der Waals surface area contributed by atoms with Crippen molar-refractivity contribution >= 4 is 64.5 Å². The van der Waals surface area contributed by atoms with Crippen molar-refractivity contribution in [1.82, 2.24) is 0 Å². The van der Waals surface area contributed by atoms with Crippen molar-refractivity contribution in [2.45, 2.75) is 61.8 Å². The Morgan fingerprint density at radius 2 is 0.815 bits per heavy atom. The van der Waals surface area contributed by atoms with Gasteiger partial charge in [0.05, 0.1) is 22.3 Å². The molecule has 2 aromatic carbocycles. The lowest BCUT2D eigenvalue weighted by Crippen LogP contribution is -2.93. The zero-order valence-electron chi connectivity index (χ0n) is 18.0. The molecule has 0 saturated carbocycles. The van der Waals surface area contributed by atoms with E-state index in [1.54, 1.807) is 10.4 Å². The minimum atomic E-state index is -2.02. The Morgan fingerprint density at radius 3 is 1.04 bits per heavy atom. The van der Waals surface area contributed by atoms with Crippen molar-refractivity contribution in [2.75, 3.05) is 0 Å². The Bertz CT molecular complexity index is 690. The molecule has 5 heteroatoms. The number of alkyl halides is 2. The van der Waals surface area contributed by atoms with E-state index in [4.69, 9.17) is 0 Å². The van der Waals surface area contributed by atoms with Crippen LogP contribution in [0.15, 0.2) is 60.7 Å². The molecule has 2 aromatic rings. The van der Waals surface area contributed by atoms with Gasteiger partial charge in [-0.05, 0) is 0 Å². The van der Waals surface area contributed by atoms with Crippen LogP contribution in [0.25, 0.3) is 0 Å². The maximum absolute atomic E-state index is 4.31. The summed E-state index contributed by atoms with van der Waals surface area (Å²) in [5, 5.41) is 3.18. The molecule has 0 fully saturated rings. The molecular formula is C22H34Br2Si3. The first-order valence-corrected chi connectivity index (χ1v) is 21.3. The van der Waals surface area contributed by atoms with E-state index in [9.17, 15) is 0 Å². The molecule has 2 rings (SSSR count). The van der Waals surface area contributed by atoms with Gasteiger partial charge >= 0.3 is 0 Å². The Balaban J connectivity index is 2.97. The first-order chi connectivity index (χ1) is 12.2. The van der Waals surface area contributed by atoms with Gasteiger partial charge in [0.1, 0.15) is 0 Å². The van der Waals surface area contributed by atoms with Crippen molar-refractivity contribution in [3.8, 4) is 0 Å². The molecule has 0 nitrogen and oxygen atoms in total. The smallest absolute Gasteiger partial charge is 0.0888 e. The Morgan fingerprint density at radius 1 is 0.556 bits per heavy atom. The van der Waals surface area contributed by atoms with Gasteiger partial charge in [-0.1, -0.05) is 157 Å². The zero-order valence-corrected chi connectivity index (χ0v) is 24.2. The van der Waals surface area contributed by atoms with Crippen molar-refractivity contribution in [3.05, 3.63) is 60.7 Å². The summed E-state index contributed by atoms with van der Waals surface area (Å²) >= 11 is 8.61. The lowest BCUT2D eigenvalue weighted by molar-refractivity contribution is 0.896. The van der Waals surface area contributed by atoms with Crippen LogP contribution in [-0.4, -0.2) is 30.2 Å². The van der Waals surface area contributed by atoms with Gasteiger partial charge in [0.25, 0.3) is 0 Å². The highest BCUT2D eigenvalue weighted by Gasteiger charge is 2.72. The highest BCUT2D eigenvalue weighted by atomic mass is 79.9. The summed E-state index contributed by atoms with van der Waals surface area (Å²) in [6.07, 6.45) is 0. The topological polar surface area (TPSA) is 0 Å². The molecule has 0 radical (unpaired) electrons. The lowest BCUT2D eigenvalue weighted by Gasteiger charge is -2.64. The summed E-state index contributed by atoms with van der Waals surface area (Å²) in [5.41, 5.74) is 0. The molecule has 0 aliphatic carbocycles. The normalized spacial score (nSPS) is 14.3. The molecule has 0 aliphatic rings. The summed E-state index contributed by atoms with van der Waals surface area (Å²) in [6, 6.07) is 22.8. The molecule has 0 heterocycles. The Hall–Kier alpha value is 0.0506. The molecule has 0 bridgehead atoms. The van der Waals surface area contributed by atoms with Crippen molar-refractivity contribution in [2.24, 2.45) is 0 Å². The standard InChI is InChI=1S/C22H34Br2Si3/c1-21(2,23)27(22(3,4)24,25(5,6)19-15-11-9-12-16-19)26(7,8)20-17-13-10-14-18-20/h9-18H,1-8H3. The van der Waals surface area contributed by atoms with Gasteiger partial charge in [-0.15, -0.1) is 0 Å². The maximum Gasteiger partial charge on any atom is 0.0888 e. The molecule has 0 unspecified atom stereocenters. The number of hydrogen-bond acceptors (Lipinski definition) is 0. The van der Waals surface area contributed by atoms with E-state index < -0.39 is 22.3 Å². The van der Waals surface area contributed by atoms with E-state index in [1.165, 1.54) is 0 Å². The average molecular weight is 543 g/mol. The van der Waals surface area contributed by atoms with Crippen LogP contribution in [0.3, 0.4) is 0 Å². The molecule has 0 aromatic heterocycles. The zero-order chi connectivity index (χ0) is 20.7. The molecular weight excluding hydrogens is 508 g/mol. The van der Waals surface area contributed by atoms with Gasteiger partial charge in [0.2, 0.25) is 0 Å². The summed E-state index contributed by atoms with van der Waals surface area (Å²) in [7, 11) is -5.71. The van der Waals surface area contributed by atoms with Gasteiger partial charge in [-0.25, -0.2) is 0 Å². The monoisotopic (exact) mass is 540 g/mol. The fourth-order valence-electron chi connectivity index (χ4n) is 6.60. The SMILES string of the molecule is CC(C)(Br)[Si](C(C)(C)Br)([Si](C)(C)c1ccccc1)[Si](C)(C)c1ccccc1. The van der Waals surface area contributed by atoms with Crippen LogP contribution in [-0.2, 0) is 0 Å². The highest BCUT2D eigenvalue weighted by Crippen LogP contribution is 2.51. The van der Waals surface area contributed by atoms with Crippen molar-refractivity contribution in [3.63, 3.8) is 0 Å². The minimum Gasteiger partial charge on any atom is -0.0899 e. The molecule has 0 N–H and O–H groups in total. The lowest BCUT2D eigenvalue weighted by atomic mass is 10.4. The number of hydrogen-bond donors (Lipinski definition) is 0. The van der Waals surface area contributed by atoms with Crippen LogP contribution in [0, 0.1) is 0 Å². The average Bonchev–Trinajstić information content (AvgIpc) is 2.53. The third-order valence-electron chi connectivity index (χ3n) is 6.65. The largest absolute Gasteiger partial charge is 0.0899 e. The number of rotatable bonds is 6. The Labute approximate surface area is 186 Å². The fourth-order valence-corrected chi connectivity index (χ4v) is 82.8. The first-order valence-electron chi connectivity index (χ1n) is 9.70. The van der Waals surface area contributed by atoms with Crippen molar-refractivity contribution < 1.29 is 0 Å². The number of halogens is 2. The van der Waals surface area contributed by atoms with E-state index >= 15 is 0 Å². The van der Waals surface area contributed by atoms with Crippen LogP contribution in [0.1, 0.15) is 27.7 Å². The predicted octanol–water partition coefficient (Wildman–Crippen LogP) is 6.25. The van der Waals surface area contributed by atoms with Gasteiger partial charge in [0, 0.05) is 7.90 Å². The molecule has 148 valence electrons. The molecule has 0 saturated heterocycles. The first kappa shape index (κ1) is 23.3. The molecule has 0 atom stereocenters. The van der Waals surface area contributed by atoms with E-state index in [-0.39, 0.29) is 7.90 Å². The van der Waals surface area contributed by atoms with Gasteiger partial charge in [-0.2, -0.15) is 0 Å². The van der Waals surface area contributed by atoms with Crippen LogP contribution >= 0.6 is 31.9 Å². The third-order valence-corrected chi connectivity index (χ3v) is 57.2. The van der Waals surface area contributed by atoms with Gasteiger partial charge in [0.15, 0.2) is 0 Å². The van der Waals surface area contributed by atoms with E-state index in [0.29, 0.717) is 0 Å². The summed E-state index contributed by atoms with van der Waals surface area (Å²) in [6.45, 7) is 20.4. The molecule has 0 spiro atoms. The second-order valence-electron chi connectivity index (χ2n) is 9.68. The third kappa shape index (κ3) is 3.67. The Kier molecular flexibility index (Phi) is 6.66. The van der Waals surface area contributed by atoms with E-state index in [1.807, 2.05) is 0 Å². The summed E-state index contributed by atoms with van der Waals surface area (Å²) < 4.78 is 0.203. The van der Waals surface area contributed by atoms with Crippen LogP contribution in [0.2, 0.25) is 26.2 Å². The molecule has 27 heavy (non-hydrogen) atoms. The van der Waals surface area contributed by atoms with Gasteiger partial charge < -0.3 is 0 Å². The fraction of sp³-hybridized carbons (Fsp3) is 0.455. The quantitative estimate of drug-likeness (QED) is 0.299. The summed E-state index contributed by atoms with van der Waals surface area (Å²) in [4.78, 5) is 0. The second kappa shape index (κ2) is 7.71. The maximum atomic E-state index is 4.31. The van der Waals surface area contributed by atoms with Gasteiger partial charge in [-0.3, -0.25) is 0 Å². The highest BCUT2D eigenvalue weighted by molar-refractivity contribution is 9.12. The number of benzene rings is 2. The van der Waals surface area contributed by atoms with Crippen molar-refractivity contribution in [1.29, 1.82) is 0 Å². The van der Waals surface area contributed by atoms with Crippen LogP contribution in [0.4, 0.5) is 0 Å². The van der Waals surface area contributed by atoms with Crippen LogP contribution < -0.4 is 10.4 Å². The van der Waals surface area contributed by atoms with E-state index in [0.717, 1.165) is 0 Å². The van der Waals surface area contributed by atoms with Crippen LogP contribution in [0.5, 0.6) is 0 Å². The van der Waals surface area contributed by atoms with E-state index in [2.05, 4.69) is 146 Å². The molecule has 0 aliphatic heterocycles. The predicted molar refractivity (Wildman–Crippen MR) is 139 cm³/mol. The summed E-state index contributed by atoms with van der Waals surface area (Å²) in [5.74, 6) is 0.